The van der Waals surface area contributed by atoms with Crippen molar-refractivity contribution in [3.63, 3.8) is 0 Å². The number of nitro groups is 1. The molecule has 0 bridgehead atoms. The van der Waals surface area contributed by atoms with E-state index in [9.17, 15) is 14.9 Å². The molecule has 1 aromatic carbocycles. The van der Waals surface area contributed by atoms with Gasteiger partial charge in [0.25, 0.3) is 5.69 Å². The van der Waals surface area contributed by atoms with Crippen LogP contribution in [0, 0.1) is 10.1 Å². The van der Waals surface area contributed by atoms with Crippen LogP contribution in [0.1, 0.15) is 64.2 Å². The monoisotopic (exact) mass is 337 g/mol. The van der Waals surface area contributed by atoms with E-state index in [1.54, 1.807) is 0 Å². The largest absolute Gasteiger partial charge is 0.427 e. The van der Waals surface area contributed by atoms with Gasteiger partial charge in [0, 0.05) is 25.2 Å². The molecule has 0 aliphatic carbocycles. The smallest absolute Gasteiger partial charge is 0.311 e. The van der Waals surface area contributed by atoms with Crippen LogP contribution in [0.25, 0.3) is 0 Å². The number of benzene rings is 1. The molecule has 0 aliphatic heterocycles. The van der Waals surface area contributed by atoms with Crippen LogP contribution in [0.5, 0.6) is 5.75 Å². The van der Waals surface area contributed by atoms with Crippen LogP contribution in [-0.2, 0) is 4.79 Å². The molecule has 6 heteroatoms. The quantitative estimate of drug-likeness (QED) is 0.189. The molecule has 0 fully saturated rings. The summed E-state index contributed by atoms with van der Waals surface area (Å²) in [6.07, 6.45) is 10.1. The number of unbranched alkanes of at least 4 members (excludes halogenated alkanes) is 8. The molecule has 6 nitrogen and oxygen atoms in total. The maximum absolute atomic E-state index is 11.7. The molecule has 1 rings (SSSR count). The van der Waals surface area contributed by atoms with Crippen LogP contribution < -0.4 is 4.74 Å². The van der Waals surface area contributed by atoms with E-state index >= 15 is 0 Å². The van der Waals surface area contributed by atoms with Gasteiger partial charge < -0.3 is 9.84 Å². The number of ether oxygens (including phenoxy) is 1. The van der Waals surface area contributed by atoms with Crippen molar-refractivity contribution >= 4 is 11.7 Å². The lowest BCUT2D eigenvalue weighted by Gasteiger charge is -2.04. The summed E-state index contributed by atoms with van der Waals surface area (Å²) in [7, 11) is 0. The number of carbonyl (C=O) groups excluding carboxylic acids is 1. The Morgan fingerprint density at radius 2 is 1.42 bits per heavy atom. The average Bonchev–Trinajstić information content (AvgIpc) is 2.57. The molecule has 0 amide bonds. The molecule has 0 saturated heterocycles. The van der Waals surface area contributed by atoms with Gasteiger partial charge in [0.05, 0.1) is 4.92 Å². The number of carbonyl (C=O) groups is 1. The van der Waals surface area contributed by atoms with Crippen LogP contribution in [0.15, 0.2) is 24.3 Å². The third kappa shape index (κ3) is 9.25. The second kappa shape index (κ2) is 12.5. The Morgan fingerprint density at radius 1 is 0.917 bits per heavy atom. The van der Waals surface area contributed by atoms with Gasteiger partial charge >= 0.3 is 5.97 Å². The lowest BCUT2D eigenvalue weighted by Crippen LogP contribution is -2.07. The fraction of sp³-hybridized carbons (Fsp3) is 0.611. The van der Waals surface area contributed by atoms with E-state index in [1.807, 2.05) is 0 Å². The van der Waals surface area contributed by atoms with Crippen LogP contribution in [0.3, 0.4) is 0 Å². The maximum atomic E-state index is 11.7. The molecule has 0 heterocycles. The first-order chi connectivity index (χ1) is 11.6. The average molecular weight is 337 g/mol. The zero-order valence-electron chi connectivity index (χ0n) is 14.1. The summed E-state index contributed by atoms with van der Waals surface area (Å²) < 4.78 is 5.15. The number of nitrogens with zero attached hydrogens (tertiary/aromatic N) is 1. The lowest BCUT2D eigenvalue weighted by molar-refractivity contribution is -0.384. The van der Waals surface area contributed by atoms with Gasteiger partial charge in [0.15, 0.2) is 0 Å². The van der Waals surface area contributed by atoms with E-state index in [0.29, 0.717) is 12.2 Å². The minimum absolute atomic E-state index is 0.0221. The highest BCUT2D eigenvalue weighted by molar-refractivity contribution is 5.72. The Kier molecular flexibility index (Phi) is 10.4. The van der Waals surface area contributed by atoms with Crippen molar-refractivity contribution in [2.45, 2.75) is 64.2 Å². The third-order valence-electron chi connectivity index (χ3n) is 3.82. The molecular weight excluding hydrogens is 310 g/mol. The predicted octanol–water partition coefficient (Wildman–Crippen LogP) is 4.39. The summed E-state index contributed by atoms with van der Waals surface area (Å²) in [5, 5.41) is 19.2. The van der Waals surface area contributed by atoms with Crippen molar-refractivity contribution in [3.05, 3.63) is 34.4 Å². The molecule has 0 spiro atoms. The van der Waals surface area contributed by atoms with Crippen molar-refractivity contribution in [3.8, 4) is 5.75 Å². The van der Waals surface area contributed by atoms with E-state index < -0.39 is 4.92 Å². The third-order valence-corrected chi connectivity index (χ3v) is 3.82. The SMILES string of the molecule is O=C(CCCCCCCCCCCO)Oc1ccc([N+](=O)[O-])cc1. The minimum Gasteiger partial charge on any atom is -0.427 e. The van der Waals surface area contributed by atoms with E-state index in [2.05, 4.69) is 0 Å². The number of aliphatic hydroxyl groups is 1. The van der Waals surface area contributed by atoms with E-state index in [4.69, 9.17) is 9.84 Å². The summed E-state index contributed by atoms with van der Waals surface area (Å²) in [6, 6.07) is 5.52. The molecular formula is C18H27NO5. The number of aliphatic hydroxyl groups excluding tert-OH is 1. The van der Waals surface area contributed by atoms with Crippen molar-refractivity contribution in [2.24, 2.45) is 0 Å². The minimum atomic E-state index is -0.488. The van der Waals surface area contributed by atoms with Gasteiger partial charge in [-0.05, 0) is 25.0 Å². The van der Waals surface area contributed by atoms with Gasteiger partial charge in [-0.25, -0.2) is 0 Å². The molecule has 0 aliphatic rings. The van der Waals surface area contributed by atoms with E-state index in [1.165, 1.54) is 49.9 Å². The number of esters is 1. The van der Waals surface area contributed by atoms with Gasteiger partial charge in [-0.3, -0.25) is 14.9 Å². The predicted molar refractivity (Wildman–Crippen MR) is 92.0 cm³/mol. The molecule has 134 valence electrons. The summed E-state index contributed by atoms with van der Waals surface area (Å²) in [4.78, 5) is 21.7. The lowest BCUT2D eigenvalue weighted by atomic mass is 10.1. The summed E-state index contributed by atoms with van der Waals surface area (Å²) in [5.74, 6) is 0.0429. The topological polar surface area (TPSA) is 89.7 Å². The fourth-order valence-electron chi connectivity index (χ4n) is 2.44. The zero-order valence-corrected chi connectivity index (χ0v) is 14.1. The highest BCUT2D eigenvalue weighted by Crippen LogP contribution is 2.18. The molecule has 0 atom stereocenters. The first-order valence-corrected chi connectivity index (χ1v) is 8.69. The number of non-ortho nitro benzene ring substituents is 1. The molecule has 0 saturated carbocycles. The van der Waals surface area contributed by atoms with Crippen molar-refractivity contribution in [2.75, 3.05) is 6.61 Å². The van der Waals surface area contributed by atoms with Gasteiger partial charge in [0.1, 0.15) is 5.75 Å². The summed E-state index contributed by atoms with van der Waals surface area (Å²) in [6.45, 7) is 0.288. The molecule has 1 aromatic rings. The Morgan fingerprint density at radius 3 is 1.92 bits per heavy atom. The molecule has 0 unspecified atom stereocenters. The maximum Gasteiger partial charge on any atom is 0.311 e. The normalized spacial score (nSPS) is 10.5. The van der Waals surface area contributed by atoms with Gasteiger partial charge in [-0.2, -0.15) is 0 Å². The second-order valence-corrected chi connectivity index (χ2v) is 5.88. The second-order valence-electron chi connectivity index (χ2n) is 5.88. The van der Waals surface area contributed by atoms with Crippen LogP contribution >= 0.6 is 0 Å². The molecule has 1 N–H and O–H groups in total. The molecule has 0 aromatic heterocycles. The fourth-order valence-corrected chi connectivity index (χ4v) is 2.44. The Labute approximate surface area is 143 Å². The number of nitro benzene ring substituents is 1. The number of hydrogen-bond acceptors (Lipinski definition) is 5. The molecule has 0 radical (unpaired) electrons. The highest BCUT2D eigenvalue weighted by atomic mass is 16.6. The zero-order chi connectivity index (χ0) is 17.6. The van der Waals surface area contributed by atoms with Gasteiger partial charge in [0.2, 0.25) is 0 Å². The van der Waals surface area contributed by atoms with Gasteiger partial charge in [-0.1, -0.05) is 44.9 Å². The number of rotatable bonds is 13. The standard InChI is InChI=1S/C18H27NO5/c20-15-9-7-5-3-1-2-4-6-8-10-18(21)24-17-13-11-16(12-14-17)19(22)23/h11-14,20H,1-10,15H2. The molecule has 24 heavy (non-hydrogen) atoms. The Hall–Kier alpha value is -1.95. The van der Waals surface area contributed by atoms with Crippen molar-refractivity contribution in [1.29, 1.82) is 0 Å². The highest BCUT2D eigenvalue weighted by Gasteiger charge is 2.08. The van der Waals surface area contributed by atoms with Crippen molar-refractivity contribution < 1.29 is 19.6 Å². The van der Waals surface area contributed by atoms with Gasteiger partial charge in [-0.15, -0.1) is 0 Å². The first kappa shape index (κ1) is 20.1. The Balaban J connectivity index is 2.03. The Bertz CT molecular complexity index is 487. The summed E-state index contributed by atoms with van der Waals surface area (Å²) >= 11 is 0. The van der Waals surface area contributed by atoms with E-state index in [0.717, 1.165) is 32.1 Å². The number of hydrogen-bond donors (Lipinski definition) is 1. The van der Waals surface area contributed by atoms with Crippen LogP contribution in [0.2, 0.25) is 0 Å². The van der Waals surface area contributed by atoms with E-state index in [-0.39, 0.29) is 18.3 Å². The van der Waals surface area contributed by atoms with Crippen molar-refractivity contribution in [1.82, 2.24) is 0 Å². The van der Waals surface area contributed by atoms with Crippen LogP contribution in [0.4, 0.5) is 5.69 Å². The first-order valence-electron chi connectivity index (χ1n) is 8.69. The summed E-state index contributed by atoms with van der Waals surface area (Å²) in [5.41, 5.74) is -0.0221. The van der Waals surface area contributed by atoms with Crippen LogP contribution in [-0.4, -0.2) is 22.6 Å².